The van der Waals surface area contributed by atoms with Gasteiger partial charge in [-0.05, 0) is 0 Å². The zero-order valence-electron chi connectivity index (χ0n) is 10.3. The maximum Gasteiger partial charge on any atom is 0.185 e. The van der Waals surface area contributed by atoms with E-state index >= 15 is 0 Å². The second kappa shape index (κ2) is 5.65. The van der Waals surface area contributed by atoms with Crippen molar-refractivity contribution in [2.45, 2.75) is 26.3 Å². The topological polar surface area (TPSA) is 56.2 Å². The first kappa shape index (κ1) is 12.7. The number of ether oxygens (including phenoxy) is 1. The van der Waals surface area contributed by atoms with E-state index < -0.39 is 0 Å². The highest BCUT2D eigenvalue weighted by atomic mass is 16.5. The number of carbonyl (C=O) groups excluding carboxylic acids is 1. The van der Waals surface area contributed by atoms with E-state index in [1.165, 1.54) is 0 Å². The first-order valence-electron chi connectivity index (χ1n) is 5.38. The van der Waals surface area contributed by atoms with E-state index in [0.29, 0.717) is 30.5 Å². The van der Waals surface area contributed by atoms with Crippen molar-refractivity contribution in [1.82, 2.24) is 15.1 Å². The molecule has 5 nitrogen and oxygen atoms in total. The fraction of sp³-hybridized carbons (Fsp3) is 0.636. The SMILES string of the molecule is COc1cnn(C)c1C(=O)CCNC(C)C. The van der Waals surface area contributed by atoms with Gasteiger partial charge < -0.3 is 10.1 Å². The summed E-state index contributed by atoms with van der Waals surface area (Å²) in [6.07, 6.45) is 2.01. The van der Waals surface area contributed by atoms with Crippen LogP contribution in [0.15, 0.2) is 6.20 Å². The second-order valence-electron chi connectivity index (χ2n) is 3.97. The molecule has 1 N–H and O–H groups in total. The monoisotopic (exact) mass is 225 g/mol. The summed E-state index contributed by atoms with van der Waals surface area (Å²) in [6, 6.07) is 0.390. The summed E-state index contributed by atoms with van der Waals surface area (Å²) >= 11 is 0. The van der Waals surface area contributed by atoms with Crippen LogP contribution in [0.4, 0.5) is 0 Å². The minimum atomic E-state index is 0.0463. The number of hydrogen-bond acceptors (Lipinski definition) is 4. The van der Waals surface area contributed by atoms with Gasteiger partial charge in [0, 0.05) is 26.1 Å². The Morgan fingerprint density at radius 1 is 1.62 bits per heavy atom. The zero-order chi connectivity index (χ0) is 12.1. The number of aromatic nitrogens is 2. The summed E-state index contributed by atoms with van der Waals surface area (Å²) in [6.45, 7) is 4.77. The lowest BCUT2D eigenvalue weighted by molar-refractivity contribution is 0.0970. The number of rotatable bonds is 6. The molecule has 0 bridgehead atoms. The molecule has 0 unspecified atom stereocenters. The van der Waals surface area contributed by atoms with E-state index in [-0.39, 0.29) is 5.78 Å². The van der Waals surface area contributed by atoms with E-state index in [1.54, 1.807) is 25.0 Å². The van der Waals surface area contributed by atoms with Crippen LogP contribution in [0.1, 0.15) is 30.8 Å². The molecule has 0 spiro atoms. The van der Waals surface area contributed by atoms with Crippen LogP contribution in [0.2, 0.25) is 0 Å². The van der Waals surface area contributed by atoms with Crippen molar-refractivity contribution in [3.63, 3.8) is 0 Å². The molecule has 90 valence electrons. The molecule has 0 aromatic carbocycles. The van der Waals surface area contributed by atoms with Crippen molar-refractivity contribution in [2.75, 3.05) is 13.7 Å². The smallest absolute Gasteiger partial charge is 0.185 e. The standard InChI is InChI=1S/C11H19N3O2/c1-8(2)12-6-5-9(15)11-10(16-4)7-13-14(11)3/h7-8,12H,5-6H2,1-4H3. The lowest BCUT2D eigenvalue weighted by Crippen LogP contribution is -2.26. The molecule has 0 fully saturated rings. The highest BCUT2D eigenvalue weighted by Gasteiger charge is 2.16. The van der Waals surface area contributed by atoms with Crippen molar-refractivity contribution >= 4 is 5.78 Å². The number of nitrogens with zero attached hydrogens (tertiary/aromatic N) is 2. The van der Waals surface area contributed by atoms with E-state index in [2.05, 4.69) is 24.3 Å². The van der Waals surface area contributed by atoms with Crippen LogP contribution in [0.3, 0.4) is 0 Å². The number of hydrogen-bond donors (Lipinski definition) is 1. The highest BCUT2D eigenvalue weighted by Crippen LogP contribution is 2.17. The first-order valence-corrected chi connectivity index (χ1v) is 5.38. The van der Waals surface area contributed by atoms with Crippen molar-refractivity contribution < 1.29 is 9.53 Å². The van der Waals surface area contributed by atoms with Crippen LogP contribution in [0.25, 0.3) is 0 Å². The highest BCUT2D eigenvalue weighted by molar-refractivity contribution is 5.97. The molecule has 0 aliphatic carbocycles. The molecular formula is C11H19N3O2. The molecule has 5 heteroatoms. The summed E-state index contributed by atoms with van der Waals surface area (Å²) in [5, 5.41) is 7.21. The normalized spacial score (nSPS) is 10.8. The quantitative estimate of drug-likeness (QED) is 0.734. The van der Waals surface area contributed by atoms with Gasteiger partial charge in [-0.1, -0.05) is 13.8 Å². The Morgan fingerprint density at radius 2 is 2.31 bits per heavy atom. The summed E-state index contributed by atoms with van der Waals surface area (Å²) in [7, 11) is 3.28. The van der Waals surface area contributed by atoms with Gasteiger partial charge in [-0.2, -0.15) is 5.10 Å². The van der Waals surface area contributed by atoms with Gasteiger partial charge in [0.15, 0.2) is 11.5 Å². The Labute approximate surface area is 95.8 Å². The second-order valence-corrected chi connectivity index (χ2v) is 3.97. The van der Waals surface area contributed by atoms with E-state index in [0.717, 1.165) is 0 Å². The molecule has 1 rings (SSSR count). The molecule has 1 aromatic heterocycles. The molecule has 0 atom stereocenters. The molecule has 16 heavy (non-hydrogen) atoms. The Morgan fingerprint density at radius 3 is 2.88 bits per heavy atom. The zero-order valence-corrected chi connectivity index (χ0v) is 10.3. The molecule has 0 amide bonds. The van der Waals surface area contributed by atoms with Crippen LogP contribution >= 0.6 is 0 Å². The van der Waals surface area contributed by atoms with Crippen LogP contribution in [0.5, 0.6) is 5.75 Å². The predicted octanol–water partition coefficient (Wildman–Crippen LogP) is 0.999. The molecule has 1 aromatic rings. The Hall–Kier alpha value is -1.36. The predicted molar refractivity (Wildman–Crippen MR) is 61.8 cm³/mol. The third kappa shape index (κ3) is 3.06. The molecule has 0 aliphatic rings. The maximum atomic E-state index is 11.9. The molecule has 0 aliphatic heterocycles. The molecule has 0 saturated heterocycles. The van der Waals surface area contributed by atoms with E-state index in [4.69, 9.17) is 4.74 Å². The van der Waals surface area contributed by atoms with Crippen LogP contribution in [-0.2, 0) is 7.05 Å². The van der Waals surface area contributed by atoms with Crippen molar-refractivity contribution in [3.05, 3.63) is 11.9 Å². The lowest BCUT2D eigenvalue weighted by atomic mass is 10.2. The van der Waals surface area contributed by atoms with E-state index in [9.17, 15) is 4.79 Å². The third-order valence-corrected chi connectivity index (χ3v) is 2.29. The van der Waals surface area contributed by atoms with Gasteiger partial charge in [0.25, 0.3) is 0 Å². The van der Waals surface area contributed by atoms with Crippen LogP contribution < -0.4 is 10.1 Å². The summed E-state index contributed by atoms with van der Waals surface area (Å²) in [5.41, 5.74) is 0.535. The summed E-state index contributed by atoms with van der Waals surface area (Å²) in [5.74, 6) is 0.585. The number of nitrogens with one attached hydrogen (secondary N) is 1. The summed E-state index contributed by atoms with van der Waals surface area (Å²) < 4.78 is 6.64. The lowest BCUT2D eigenvalue weighted by Gasteiger charge is -2.08. The van der Waals surface area contributed by atoms with Gasteiger partial charge in [0.05, 0.1) is 13.3 Å². The number of methoxy groups -OCH3 is 1. The Balaban J connectivity index is 2.62. The Bertz CT molecular complexity index is 358. The fourth-order valence-corrected chi connectivity index (χ4v) is 1.48. The molecule has 0 saturated carbocycles. The first-order chi connectivity index (χ1) is 7.56. The van der Waals surface area contributed by atoms with E-state index in [1.807, 2.05) is 0 Å². The average Bonchev–Trinajstić information content (AvgIpc) is 2.58. The van der Waals surface area contributed by atoms with Crippen molar-refractivity contribution in [2.24, 2.45) is 7.05 Å². The van der Waals surface area contributed by atoms with Crippen LogP contribution in [-0.4, -0.2) is 35.3 Å². The van der Waals surface area contributed by atoms with Gasteiger partial charge in [-0.3, -0.25) is 9.48 Å². The number of carbonyl (C=O) groups is 1. The minimum absolute atomic E-state index is 0.0463. The van der Waals surface area contributed by atoms with Crippen LogP contribution in [0, 0.1) is 0 Å². The van der Waals surface area contributed by atoms with Gasteiger partial charge >= 0.3 is 0 Å². The number of aryl methyl sites for hydroxylation is 1. The van der Waals surface area contributed by atoms with Crippen molar-refractivity contribution in [1.29, 1.82) is 0 Å². The van der Waals surface area contributed by atoms with Crippen molar-refractivity contribution in [3.8, 4) is 5.75 Å². The third-order valence-electron chi connectivity index (χ3n) is 2.29. The van der Waals surface area contributed by atoms with Gasteiger partial charge in [-0.15, -0.1) is 0 Å². The number of Topliss-reactive ketones (excluding diaryl/α,β-unsaturated/α-hetero) is 1. The average molecular weight is 225 g/mol. The molecule has 0 radical (unpaired) electrons. The Kier molecular flexibility index (Phi) is 4.49. The molecule has 1 heterocycles. The van der Waals surface area contributed by atoms with Gasteiger partial charge in [0.2, 0.25) is 0 Å². The van der Waals surface area contributed by atoms with Gasteiger partial charge in [-0.25, -0.2) is 0 Å². The summed E-state index contributed by atoms with van der Waals surface area (Å²) in [4.78, 5) is 11.9. The minimum Gasteiger partial charge on any atom is -0.493 e. The largest absolute Gasteiger partial charge is 0.493 e. The number of ketones is 1. The maximum absolute atomic E-state index is 11.9. The van der Waals surface area contributed by atoms with Gasteiger partial charge in [0.1, 0.15) is 5.69 Å². The fourth-order valence-electron chi connectivity index (χ4n) is 1.48. The molecular weight excluding hydrogens is 206 g/mol.